The van der Waals surface area contributed by atoms with Gasteiger partial charge in [0.2, 0.25) is 5.91 Å². The van der Waals surface area contributed by atoms with E-state index in [1.807, 2.05) is 6.07 Å². The molecule has 2 aromatic rings. The number of rotatable bonds is 5. The average Bonchev–Trinajstić information content (AvgIpc) is 2.90. The van der Waals surface area contributed by atoms with Crippen molar-refractivity contribution in [2.24, 2.45) is 0 Å². The van der Waals surface area contributed by atoms with Gasteiger partial charge in [0.1, 0.15) is 5.76 Å². The zero-order chi connectivity index (χ0) is 13.1. The van der Waals surface area contributed by atoms with Gasteiger partial charge in [-0.3, -0.25) is 4.79 Å². The van der Waals surface area contributed by atoms with Crippen molar-refractivity contribution >= 4 is 23.3 Å². The average molecular weight is 273 g/mol. The first-order valence-corrected chi connectivity index (χ1v) is 7.20. The molecule has 0 spiro atoms. The first kappa shape index (κ1) is 12.2. The van der Waals surface area contributed by atoms with Crippen molar-refractivity contribution in [3.8, 4) is 0 Å². The maximum Gasteiger partial charge on any atom is 0.244 e. The summed E-state index contributed by atoms with van der Waals surface area (Å²) in [5.74, 6) is 0.619. The summed E-state index contributed by atoms with van der Waals surface area (Å²) >= 11 is 1.77. The molecule has 3 nitrogen and oxygen atoms in total. The molecule has 0 saturated heterocycles. The molecule has 2 heterocycles. The van der Waals surface area contributed by atoms with Crippen LogP contribution >= 0.6 is 11.3 Å². The van der Waals surface area contributed by atoms with Gasteiger partial charge < -0.3 is 9.73 Å². The molecule has 0 radical (unpaired) electrons. The lowest BCUT2D eigenvalue weighted by molar-refractivity contribution is -0.116. The lowest BCUT2D eigenvalue weighted by Crippen LogP contribution is -2.30. The first-order chi connectivity index (χ1) is 9.28. The van der Waals surface area contributed by atoms with E-state index in [2.05, 4.69) is 22.8 Å². The number of hydrogen-bond acceptors (Lipinski definition) is 3. The summed E-state index contributed by atoms with van der Waals surface area (Å²) in [6, 6.07) is 7.84. The quantitative estimate of drug-likeness (QED) is 0.850. The fourth-order valence-corrected chi connectivity index (χ4v) is 3.09. The highest BCUT2D eigenvalue weighted by Gasteiger charge is 2.45. The Morgan fingerprint density at radius 2 is 2.32 bits per heavy atom. The van der Waals surface area contributed by atoms with Gasteiger partial charge in [-0.1, -0.05) is 6.07 Å². The molecule has 1 aliphatic rings. The van der Waals surface area contributed by atoms with Crippen LogP contribution in [0.4, 0.5) is 0 Å². The predicted molar refractivity (Wildman–Crippen MR) is 76.0 cm³/mol. The van der Waals surface area contributed by atoms with Crippen LogP contribution in [-0.4, -0.2) is 12.5 Å². The number of thiophene rings is 1. The zero-order valence-corrected chi connectivity index (χ0v) is 11.3. The molecule has 98 valence electrons. The Balaban J connectivity index is 1.54. The van der Waals surface area contributed by atoms with Crippen LogP contribution in [0.15, 0.2) is 46.4 Å². The van der Waals surface area contributed by atoms with Crippen LogP contribution in [0.25, 0.3) is 6.08 Å². The van der Waals surface area contributed by atoms with Crippen LogP contribution in [0, 0.1) is 0 Å². The van der Waals surface area contributed by atoms with E-state index in [1.54, 1.807) is 29.7 Å². The van der Waals surface area contributed by atoms with Crippen molar-refractivity contribution in [2.75, 3.05) is 6.54 Å². The third kappa shape index (κ3) is 2.79. The summed E-state index contributed by atoms with van der Waals surface area (Å²) in [6.45, 7) is 0.717. The molecule has 1 saturated carbocycles. The standard InChI is InChI=1S/C15H15NO2S/c17-14(6-5-12-3-1-9-18-12)16-11-15(7-8-15)13-4-2-10-19-13/h1-6,9-10H,7-8,11H2,(H,16,17). The third-order valence-electron chi connectivity index (χ3n) is 3.44. The van der Waals surface area contributed by atoms with Crippen LogP contribution in [0.3, 0.4) is 0 Å². The molecule has 1 N–H and O–H groups in total. The van der Waals surface area contributed by atoms with E-state index in [-0.39, 0.29) is 11.3 Å². The molecule has 1 amide bonds. The molecular formula is C15H15NO2S. The van der Waals surface area contributed by atoms with Crippen molar-refractivity contribution in [1.29, 1.82) is 0 Å². The molecule has 4 heteroatoms. The number of hydrogen-bond donors (Lipinski definition) is 1. The minimum atomic E-state index is -0.0702. The number of carbonyl (C=O) groups excluding carboxylic acids is 1. The summed E-state index contributed by atoms with van der Waals surface area (Å²) < 4.78 is 5.14. The summed E-state index contributed by atoms with van der Waals surface area (Å²) in [5, 5.41) is 5.07. The van der Waals surface area contributed by atoms with Gasteiger partial charge in [-0.05, 0) is 42.5 Å². The molecule has 1 fully saturated rings. The van der Waals surface area contributed by atoms with Gasteiger partial charge in [0.25, 0.3) is 0 Å². The Hall–Kier alpha value is -1.81. The van der Waals surface area contributed by atoms with Gasteiger partial charge in [-0.25, -0.2) is 0 Å². The van der Waals surface area contributed by atoms with E-state index in [9.17, 15) is 4.79 Å². The van der Waals surface area contributed by atoms with Gasteiger partial charge >= 0.3 is 0 Å². The van der Waals surface area contributed by atoms with E-state index in [0.717, 1.165) is 19.4 Å². The lowest BCUT2D eigenvalue weighted by atomic mass is 10.1. The smallest absolute Gasteiger partial charge is 0.244 e. The summed E-state index contributed by atoms with van der Waals surface area (Å²) in [7, 11) is 0. The van der Waals surface area contributed by atoms with Gasteiger partial charge in [0.15, 0.2) is 0 Å². The van der Waals surface area contributed by atoms with E-state index in [0.29, 0.717) is 5.76 Å². The Morgan fingerprint density at radius 3 is 2.95 bits per heavy atom. The minimum absolute atomic E-state index is 0.0702. The minimum Gasteiger partial charge on any atom is -0.465 e. The number of nitrogens with one attached hydrogen (secondary N) is 1. The summed E-state index contributed by atoms with van der Waals surface area (Å²) in [4.78, 5) is 13.1. The normalized spacial score (nSPS) is 16.6. The lowest BCUT2D eigenvalue weighted by Gasteiger charge is -2.13. The third-order valence-corrected chi connectivity index (χ3v) is 4.56. The second kappa shape index (κ2) is 5.05. The molecule has 0 atom stereocenters. The van der Waals surface area contributed by atoms with Crippen molar-refractivity contribution < 1.29 is 9.21 Å². The molecule has 2 aromatic heterocycles. The monoisotopic (exact) mass is 273 g/mol. The Morgan fingerprint density at radius 1 is 1.42 bits per heavy atom. The van der Waals surface area contributed by atoms with Crippen LogP contribution in [0.1, 0.15) is 23.5 Å². The van der Waals surface area contributed by atoms with Crippen molar-refractivity contribution in [3.05, 3.63) is 52.6 Å². The molecule has 19 heavy (non-hydrogen) atoms. The Kier molecular flexibility index (Phi) is 3.25. The molecule has 0 aromatic carbocycles. The first-order valence-electron chi connectivity index (χ1n) is 6.32. The molecule has 3 rings (SSSR count). The van der Waals surface area contributed by atoms with E-state index >= 15 is 0 Å². The maximum absolute atomic E-state index is 11.7. The van der Waals surface area contributed by atoms with E-state index in [1.165, 1.54) is 11.0 Å². The predicted octanol–water partition coefficient (Wildman–Crippen LogP) is 3.20. The van der Waals surface area contributed by atoms with Crippen LogP contribution in [-0.2, 0) is 10.2 Å². The topological polar surface area (TPSA) is 42.2 Å². The SMILES string of the molecule is O=C(C=Cc1ccco1)NCC1(c2cccs2)CC1. The molecule has 0 aliphatic heterocycles. The van der Waals surface area contributed by atoms with E-state index < -0.39 is 0 Å². The molecule has 0 bridgehead atoms. The summed E-state index contributed by atoms with van der Waals surface area (Å²) in [6.07, 6.45) is 7.11. The highest BCUT2D eigenvalue weighted by atomic mass is 32.1. The number of furan rings is 1. The van der Waals surface area contributed by atoms with Crippen molar-refractivity contribution in [2.45, 2.75) is 18.3 Å². The second-order valence-corrected chi connectivity index (χ2v) is 5.77. The van der Waals surface area contributed by atoms with Crippen LogP contribution in [0.5, 0.6) is 0 Å². The van der Waals surface area contributed by atoms with Crippen molar-refractivity contribution in [1.82, 2.24) is 5.32 Å². The maximum atomic E-state index is 11.7. The molecule has 1 aliphatic carbocycles. The zero-order valence-electron chi connectivity index (χ0n) is 10.5. The Labute approximate surface area is 115 Å². The Bertz CT molecular complexity index is 565. The van der Waals surface area contributed by atoms with Crippen molar-refractivity contribution in [3.63, 3.8) is 0 Å². The molecule has 0 unspecified atom stereocenters. The van der Waals surface area contributed by atoms with Crippen LogP contribution in [0.2, 0.25) is 0 Å². The molecular weight excluding hydrogens is 258 g/mol. The number of amides is 1. The van der Waals surface area contributed by atoms with E-state index in [4.69, 9.17) is 4.42 Å². The fraction of sp³-hybridized carbons (Fsp3) is 0.267. The highest BCUT2D eigenvalue weighted by Crippen LogP contribution is 2.49. The van der Waals surface area contributed by atoms with Gasteiger partial charge in [-0.2, -0.15) is 0 Å². The van der Waals surface area contributed by atoms with Crippen LogP contribution < -0.4 is 5.32 Å². The highest BCUT2D eigenvalue weighted by molar-refractivity contribution is 7.10. The fourth-order valence-electron chi connectivity index (χ4n) is 2.10. The summed E-state index contributed by atoms with van der Waals surface area (Å²) in [5.41, 5.74) is 0.197. The van der Waals surface area contributed by atoms with Gasteiger partial charge in [0, 0.05) is 22.9 Å². The van der Waals surface area contributed by atoms with Gasteiger partial charge in [0.05, 0.1) is 6.26 Å². The number of carbonyl (C=O) groups is 1. The van der Waals surface area contributed by atoms with Gasteiger partial charge in [-0.15, -0.1) is 11.3 Å². The largest absolute Gasteiger partial charge is 0.465 e. The second-order valence-electron chi connectivity index (χ2n) is 4.82.